The quantitative estimate of drug-likeness (QED) is 0.692. The largest absolute Gasteiger partial charge is 0.454 e. The third kappa shape index (κ3) is 3.51. The van der Waals surface area contributed by atoms with Crippen molar-refractivity contribution in [2.24, 2.45) is 0 Å². The zero-order valence-electron chi connectivity index (χ0n) is 12.8. The van der Waals surface area contributed by atoms with Crippen molar-refractivity contribution in [3.63, 3.8) is 0 Å². The Morgan fingerprint density at radius 3 is 2.32 bits per heavy atom. The molecule has 2 rings (SSSR count). The minimum atomic E-state index is -4.83. The topological polar surface area (TPSA) is 32.9 Å². The average Bonchev–Trinajstić information content (AvgIpc) is 2.88. The van der Waals surface area contributed by atoms with Crippen molar-refractivity contribution in [3.8, 4) is 0 Å². The Morgan fingerprint density at radius 1 is 1.14 bits per heavy atom. The summed E-state index contributed by atoms with van der Waals surface area (Å²) < 4.78 is 37.5. The number of aromatic nitrogens is 1. The predicted octanol–water partition coefficient (Wildman–Crippen LogP) is 5.60. The van der Waals surface area contributed by atoms with Crippen LogP contribution in [-0.2, 0) is 0 Å². The van der Waals surface area contributed by atoms with Crippen LogP contribution in [0, 0.1) is 0 Å². The van der Waals surface area contributed by atoms with E-state index in [9.17, 15) is 18.0 Å². The van der Waals surface area contributed by atoms with Gasteiger partial charge in [-0.2, -0.15) is 13.2 Å². The van der Waals surface area contributed by atoms with Gasteiger partial charge < -0.3 is 4.98 Å². The first-order chi connectivity index (χ1) is 10.4. The molecule has 1 aromatic carbocycles. The van der Waals surface area contributed by atoms with E-state index in [2.05, 4.69) is 18.8 Å². The summed E-state index contributed by atoms with van der Waals surface area (Å²) in [4.78, 5) is 14.6. The number of benzene rings is 1. The van der Waals surface area contributed by atoms with Gasteiger partial charge >= 0.3 is 6.18 Å². The Labute approximate surface area is 127 Å². The highest BCUT2D eigenvalue weighted by atomic mass is 19.4. The van der Waals surface area contributed by atoms with E-state index in [1.807, 2.05) is 6.07 Å². The molecule has 0 bridgehead atoms. The Kier molecular flexibility index (Phi) is 4.94. The van der Waals surface area contributed by atoms with Gasteiger partial charge in [-0.25, -0.2) is 0 Å². The maximum Gasteiger partial charge on any atom is 0.454 e. The zero-order valence-corrected chi connectivity index (χ0v) is 12.8. The van der Waals surface area contributed by atoms with Gasteiger partial charge in [0.1, 0.15) is 0 Å². The summed E-state index contributed by atoms with van der Waals surface area (Å²) in [5, 5.41) is 0.655. The van der Waals surface area contributed by atoms with Crippen LogP contribution in [-0.4, -0.2) is 16.9 Å². The van der Waals surface area contributed by atoms with Gasteiger partial charge in [0.25, 0.3) is 5.78 Å². The van der Waals surface area contributed by atoms with Gasteiger partial charge in [0, 0.05) is 22.2 Å². The van der Waals surface area contributed by atoms with Crippen molar-refractivity contribution >= 4 is 16.7 Å². The molecule has 1 N–H and O–H groups in total. The third-order valence-electron chi connectivity index (χ3n) is 3.88. The van der Waals surface area contributed by atoms with E-state index in [1.165, 1.54) is 12.1 Å². The Balaban J connectivity index is 2.36. The summed E-state index contributed by atoms with van der Waals surface area (Å²) in [6, 6.07) is 5.97. The normalized spacial score (nSPS) is 12.3. The van der Waals surface area contributed by atoms with Crippen molar-refractivity contribution < 1.29 is 18.0 Å². The van der Waals surface area contributed by atoms with Crippen molar-refractivity contribution in [3.05, 3.63) is 35.5 Å². The predicted molar refractivity (Wildman–Crippen MR) is 81.2 cm³/mol. The van der Waals surface area contributed by atoms with E-state index in [-0.39, 0.29) is 5.56 Å². The van der Waals surface area contributed by atoms with Gasteiger partial charge in [-0.3, -0.25) is 4.79 Å². The van der Waals surface area contributed by atoms with E-state index < -0.39 is 12.0 Å². The summed E-state index contributed by atoms with van der Waals surface area (Å²) >= 11 is 0. The SMILES string of the molecule is CCCC(CCC)c1cc2cc(C(=O)C(F)(F)F)ccc2[nH]1. The van der Waals surface area contributed by atoms with Crippen LogP contribution in [0.25, 0.3) is 10.9 Å². The highest BCUT2D eigenvalue weighted by Crippen LogP contribution is 2.30. The number of hydrogen-bond donors (Lipinski definition) is 1. The number of halogens is 3. The highest BCUT2D eigenvalue weighted by Gasteiger charge is 2.39. The molecule has 120 valence electrons. The van der Waals surface area contributed by atoms with Crippen LogP contribution < -0.4 is 0 Å². The van der Waals surface area contributed by atoms with Gasteiger partial charge in [0.15, 0.2) is 0 Å². The zero-order chi connectivity index (χ0) is 16.3. The fraction of sp³-hybridized carbons (Fsp3) is 0.471. The molecule has 5 heteroatoms. The van der Waals surface area contributed by atoms with Crippen molar-refractivity contribution in [1.82, 2.24) is 4.98 Å². The molecule has 0 aliphatic heterocycles. The number of ketones is 1. The second kappa shape index (κ2) is 6.55. The molecule has 22 heavy (non-hydrogen) atoms. The van der Waals surface area contributed by atoms with Crippen LogP contribution in [0.3, 0.4) is 0 Å². The third-order valence-corrected chi connectivity index (χ3v) is 3.88. The lowest BCUT2D eigenvalue weighted by atomic mass is 9.95. The lowest BCUT2D eigenvalue weighted by molar-refractivity contribution is -0.0885. The number of nitrogens with one attached hydrogen (secondary N) is 1. The molecule has 1 aromatic heterocycles. The number of aromatic amines is 1. The smallest absolute Gasteiger partial charge is 0.358 e. The number of carbonyl (C=O) groups is 1. The van der Waals surface area contributed by atoms with Crippen LogP contribution >= 0.6 is 0 Å². The van der Waals surface area contributed by atoms with Crippen LogP contribution in [0.5, 0.6) is 0 Å². The number of Topliss-reactive ketones (excluding diaryl/α,β-unsaturated/α-hetero) is 1. The molecule has 0 fully saturated rings. The Bertz CT molecular complexity index is 651. The molecular formula is C17H20F3NO. The van der Waals surface area contributed by atoms with Crippen LogP contribution in [0.15, 0.2) is 24.3 Å². The maximum atomic E-state index is 12.5. The van der Waals surface area contributed by atoms with Gasteiger partial charge in [-0.1, -0.05) is 26.7 Å². The summed E-state index contributed by atoms with van der Waals surface area (Å²) in [6.45, 7) is 4.23. The molecule has 2 nitrogen and oxygen atoms in total. The lowest BCUT2D eigenvalue weighted by Crippen LogP contribution is -2.22. The minimum Gasteiger partial charge on any atom is -0.358 e. The molecule has 2 aromatic rings. The molecule has 0 aliphatic carbocycles. The summed E-state index contributed by atoms with van der Waals surface area (Å²) in [5.41, 5.74) is 1.49. The number of carbonyl (C=O) groups excluding carboxylic acids is 1. The van der Waals surface area contributed by atoms with Crippen molar-refractivity contribution in [2.75, 3.05) is 0 Å². The Hall–Kier alpha value is -1.78. The minimum absolute atomic E-state index is 0.312. The number of hydrogen-bond acceptors (Lipinski definition) is 1. The van der Waals surface area contributed by atoms with E-state index in [0.717, 1.165) is 36.9 Å². The van der Waals surface area contributed by atoms with Gasteiger partial charge in [0.2, 0.25) is 0 Å². The van der Waals surface area contributed by atoms with Crippen LogP contribution in [0.4, 0.5) is 13.2 Å². The molecule has 1 heterocycles. The van der Waals surface area contributed by atoms with E-state index in [4.69, 9.17) is 0 Å². The maximum absolute atomic E-state index is 12.5. The number of rotatable bonds is 6. The standard InChI is InChI=1S/C17H20F3NO/c1-3-5-11(6-4-2)15-10-13-9-12(7-8-14(13)21-15)16(22)17(18,19)20/h7-11,21H,3-6H2,1-2H3. The monoisotopic (exact) mass is 311 g/mol. The van der Waals surface area contributed by atoms with Gasteiger partial charge in [0.05, 0.1) is 0 Å². The molecule has 0 radical (unpaired) electrons. The molecule has 0 saturated heterocycles. The highest BCUT2D eigenvalue weighted by molar-refractivity contribution is 6.03. The van der Waals surface area contributed by atoms with Crippen LogP contribution in [0.2, 0.25) is 0 Å². The number of fused-ring (bicyclic) bond motifs is 1. The lowest BCUT2D eigenvalue weighted by Gasteiger charge is -2.13. The van der Waals surface area contributed by atoms with E-state index >= 15 is 0 Å². The molecule has 0 atom stereocenters. The fourth-order valence-corrected chi connectivity index (χ4v) is 2.83. The molecular weight excluding hydrogens is 291 g/mol. The molecule has 0 unspecified atom stereocenters. The molecule has 0 saturated carbocycles. The van der Waals surface area contributed by atoms with Crippen molar-refractivity contribution in [2.45, 2.75) is 51.6 Å². The molecule has 0 amide bonds. The van der Waals surface area contributed by atoms with E-state index in [1.54, 1.807) is 6.07 Å². The molecule has 0 aliphatic rings. The second-order valence-corrected chi connectivity index (χ2v) is 5.63. The summed E-state index contributed by atoms with van der Waals surface area (Å²) in [6.07, 6.45) is -0.653. The number of H-pyrrole nitrogens is 1. The first-order valence-corrected chi connectivity index (χ1v) is 7.61. The fourth-order valence-electron chi connectivity index (χ4n) is 2.83. The van der Waals surface area contributed by atoms with Crippen LogP contribution in [0.1, 0.15) is 61.5 Å². The number of alkyl halides is 3. The second-order valence-electron chi connectivity index (χ2n) is 5.63. The summed E-state index contributed by atoms with van der Waals surface area (Å²) in [7, 11) is 0. The van der Waals surface area contributed by atoms with E-state index in [0.29, 0.717) is 11.3 Å². The van der Waals surface area contributed by atoms with Crippen molar-refractivity contribution in [1.29, 1.82) is 0 Å². The van der Waals surface area contributed by atoms with Gasteiger partial charge in [-0.05, 0) is 43.0 Å². The first kappa shape index (κ1) is 16.6. The Morgan fingerprint density at radius 2 is 1.77 bits per heavy atom. The summed E-state index contributed by atoms with van der Waals surface area (Å²) in [5.74, 6) is -1.42. The average molecular weight is 311 g/mol. The molecule has 0 spiro atoms. The van der Waals surface area contributed by atoms with Gasteiger partial charge in [-0.15, -0.1) is 0 Å². The first-order valence-electron chi connectivity index (χ1n) is 7.61.